The second kappa shape index (κ2) is 4.14. The molecular formula is C9H12N2O4. The van der Waals surface area contributed by atoms with Gasteiger partial charge in [0.1, 0.15) is 6.10 Å². The lowest BCUT2D eigenvalue weighted by atomic mass is 10.1. The van der Waals surface area contributed by atoms with E-state index in [0.29, 0.717) is 0 Å². The monoisotopic (exact) mass is 212 g/mol. The fourth-order valence-corrected chi connectivity index (χ4v) is 1.26. The highest BCUT2D eigenvalue weighted by molar-refractivity contribution is 5.92. The van der Waals surface area contributed by atoms with Crippen LogP contribution in [0.2, 0.25) is 0 Å². The third-order valence-corrected chi connectivity index (χ3v) is 1.92. The Hall–Kier alpha value is -1.82. The average molecular weight is 212 g/mol. The van der Waals surface area contributed by atoms with E-state index in [2.05, 4.69) is 10.1 Å². The summed E-state index contributed by atoms with van der Waals surface area (Å²) in [7, 11) is 1.20. The first-order valence-electron chi connectivity index (χ1n) is 4.22. The second-order valence-electron chi connectivity index (χ2n) is 3.04. The highest BCUT2D eigenvalue weighted by atomic mass is 16.5. The number of aliphatic hydroxyl groups is 1. The molecule has 0 saturated carbocycles. The van der Waals surface area contributed by atoms with E-state index in [1.807, 2.05) is 0 Å². The minimum absolute atomic E-state index is 0.0127. The van der Waals surface area contributed by atoms with Crippen molar-refractivity contribution in [2.45, 2.75) is 13.0 Å². The van der Waals surface area contributed by atoms with Gasteiger partial charge in [0.2, 0.25) is 5.91 Å². The van der Waals surface area contributed by atoms with Crippen LogP contribution in [0.1, 0.15) is 6.92 Å². The largest absolute Gasteiger partial charge is 0.466 e. The lowest BCUT2D eigenvalue weighted by molar-refractivity contribution is -0.137. The van der Waals surface area contributed by atoms with E-state index in [1.165, 1.54) is 20.1 Å². The summed E-state index contributed by atoms with van der Waals surface area (Å²) < 4.78 is 4.44. The van der Waals surface area contributed by atoms with E-state index in [4.69, 9.17) is 5.73 Å². The third-order valence-electron chi connectivity index (χ3n) is 1.92. The molecule has 0 aliphatic heterocycles. The Bertz CT molecular complexity index is 370. The highest BCUT2D eigenvalue weighted by Crippen LogP contribution is 2.22. The molecule has 1 aliphatic rings. The summed E-state index contributed by atoms with van der Waals surface area (Å²) in [6.07, 6.45) is 0.0447. The van der Waals surface area contributed by atoms with Gasteiger partial charge in [0.05, 0.1) is 24.1 Å². The maximum Gasteiger partial charge on any atom is 0.336 e. The predicted octanol–water partition coefficient (Wildman–Crippen LogP) is -1.23. The van der Waals surface area contributed by atoms with Gasteiger partial charge in [-0.2, -0.15) is 0 Å². The topological polar surface area (TPSA) is 102 Å². The Morgan fingerprint density at radius 3 is 2.67 bits per heavy atom. The maximum absolute atomic E-state index is 11.2. The van der Waals surface area contributed by atoms with Crippen LogP contribution >= 0.6 is 0 Å². The molecule has 1 atom stereocenters. The highest BCUT2D eigenvalue weighted by Gasteiger charge is 2.30. The van der Waals surface area contributed by atoms with Crippen LogP contribution in [0.5, 0.6) is 0 Å². The Balaban J connectivity index is 2.87. The van der Waals surface area contributed by atoms with Gasteiger partial charge in [0, 0.05) is 6.92 Å². The summed E-state index contributed by atoms with van der Waals surface area (Å²) in [6, 6.07) is 0. The fourth-order valence-electron chi connectivity index (χ4n) is 1.26. The van der Waals surface area contributed by atoms with Gasteiger partial charge in [0.15, 0.2) is 0 Å². The zero-order chi connectivity index (χ0) is 11.6. The Kier molecular flexibility index (Phi) is 3.11. The number of carbonyl (C=O) groups is 2. The van der Waals surface area contributed by atoms with Crippen molar-refractivity contribution >= 4 is 11.9 Å². The zero-order valence-electron chi connectivity index (χ0n) is 8.40. The predicted molar refractivity (Wildman–Crippen MR) is 51.1 cm³/mol. The number of hydrogen-bond acceptors (Lipinski definition) is 5. The lowest BCUT2D eigenvalue weighted by Crippen LogP contribution is -2.30. The van der Waals surface area contributed by atoms with Gasteiger partial charge in [-0.25, -0.2) is 4.79 Å². The van der Waals surface area contributed by atoms with E-state index >= 15 is 0 Å². The summed E-state index contributed by atoms with van der Waals surface area (Å²) >= 11 is 0. The molecule has 1 aliphatic carbocycles. The number of nitrogens with two attached hydrogens (primary N) is 1. The molecule has 0 spiro atoms. The molecular weight excluding hydrogens is 200 g/mol. The molecule has 0 bridgehead atoms. The first kappa shape index (κ1) is 11.3. The van der Waals surface area contributed by atoms with Crippen LogP contribution in [0.3, 0.4) is 0 Å². The molecule has 6 heteroatoms. The van der Waals surface area contributed by atoms with E-state index in [1.54, 1.807) is 0 Å². The van der Waals surface area contributed by atoms with Crippen LogP contribution in [0.25, 0.3) is 0 Å². The van der Waals surface area contributed by atoms with E-state index in [-0.39, 0.29) is 22.9 Å². The first-order chi connectivity index (χ1) is 6.97. The number of esters is 1. The van der Waals surface area contributed by atoms with Gasteiger partial charge in [-0.3, -0.25) is 4.79 Å². The van der Waals surface area contributed by atoms with Gasteiger partial charge in [-0.05, 0) is 6.08 Å². The number of methoxy groups -OCH3 is 1. The quantitative estimate of drug-likeness (QED) is 0.497. The number of rotatable bonds is 2. The van der Waals surface area contributed by atoms with E-state index < -0.39 is 12.1 Å². The van der Waals surface area contributed by atoms with Crippen LogP contribution in [0.15, 0.2) is 23.0 Å². The lowest BCUT2D eigenvalue weighted by Gasteiger charge is -2.12. The number of amides is 1. The molecule has 1 rings (SSSR count). The fraction of sp³-hybridized carbons (Fsp3) is 0.333. The van der Waals surface area contributed by atoms with Crippen molar-refractivity contribution in [1.29, 1.82) is 0 Å². The molecule has 0 heterocycles. The van der Waals surface area contributed by atoms with Crippen LogP contribution in [-0.2, 0) is 14.3 Å². The molecule has 0 radical (unpaired) electrons. The van der Waals surface area contributed by atoms with Gasteiger partial charge in [-0.1, -0.05) is 0 Å². The molecule has 6 nitrogen and oxygen atoms in total. The van der Waals surface area contributed by atoms with Crippen molar-refractivity contribution in [2.75, 3.05) is 7.11 Å². The van der Waals surface area contributed by atoms with Gasteiger partial charge in [0.25, 0.3) is 0 Å². The normalized spacial score (nSPS) is 19.9. The molecule has 15 heavy (non-hydrogen) atoms. The number of carbonyl (C=O) groups excluding carboxylic acids is 2. The number of hydrogen-bond donors (Lipinski definition) is 3. The van der Waals surface area contributed by atoms with E-state index in [9.17, 15) is 14.7 Å². The molecule has 1 amide bonds. The zero-order valence-corrected chi connectivity index (χ0v) is 8.40. The smallest absolute Gasteiger partial charge is 0.336 e. The third kappa shape index (κ3) is 2.16. The van der Waals surface area contributed by atoms with Gasteiger partial charge >= 0.3 is 5.97 Å². The van der Waals surface area contributed by atoms with Crippen molar-refractivity contribution in [1.82, 2.24) is 5.32 Å². The van der Waals surface area contributed by atoms with Gasteiger partial charge in [-0.15, -0.1) is 0 Å². The van der Waals surface area contributed by atoms with Crippen molar-refractivity contribution < 1.29 is 19.4 Å². The Labute approximate surface area is 86.4 Å². The number of aliphatic hydroxyl groups excluding tert-OH is 1. The molecule has 4 N–H and O–H groups in total. The Morgan fingerprint density at radius 2 is 2.20 bits per heavy atom. The van der Waals surface area contributed by atoms with Crippen LogP contribution in [-0.4, -0.2) is 30.2 Å². The molecule has 0 saturated heterocycles. The number of allylic oxidation sites excluding steroid dienone is 1. The SMILES string of the molecule is COC(=O)C1=CC(N)=C(NC(C)=O)C1O. The number of ether oxygens (including phenoxy) is 1. The van der Waals surface area contributed by atoms with Crippen LogP contribution in [0.4, 0.5) is 0 Å². The molecule has 0 aromatic carbocycles. The average Bonchev–Trinajstić information content (AvgIpc) is 2.44. The summed E-state index contributed by atoms with van der Waals surface area (Å²) in [4.78, 5) is 21.9. The summed E-state index contributed by atoms with van der Waals surface area (Å²) in [5.74, 6) is -1.04. The summed E-state index contributed by atoms with van der Waals surface area (Å²) in [6.45, 7) is 1.28. The van der Waals surface area contributed by atoms with E-state index in [0.717, 1.165) is 0 Å². The molecule has 0 aromatic rings. The molecule has 0 aromatic heterocycles. The van der Waals surface area contributed by atoms with Crippen molar-refractivity contribution in [3.05, 3.63) is 23.0 Å². The van der Waals surface area contributed by atoms with Crippen molar-refractivity contribution in [2.24, 2.45) is 5.73 Å². The second-order valence-corrected chi connectivity index (χ2v) is 3.04. The summed E-state index contributed by atoms with van der Waals surface area (Å²) in [5.41, 5.74) is 5.80. The van der Waals surface area contributed by atoms with Gasteiger partial charge < -0.3 is 20.9 Å². The minimum atomic E-state index is -1.23. The standard InChI is InChI=1S/C9H12N2O4/c1-4(12)11-7-6(10)3-5(8(7)13)9(14)15-2/h3,8,13H,10H2,1-2H3,(H,11,12). The first-order valence-corrected chi connectivity index (χ1v) is 4.22. The van der Waals surface area contributed by atoms with Crippen LogP contribution < -0.4 is 11.1 Å². The van der Waals surface area contributed by atoms with Crippen molar-refractivity contribution in [3.63, 3.8) is 0 Å². The maximum atomic E-state index is 11.2. The molecule has 82 valence electrons. The number of nitrogens with one attached hydrogen (secondary N) is 1. The summed E-state index contributed by atoms with van der Waals surface area (Å²) in [5, 5.41) is 12.0. The minimum Gasteiger partial charge on any atom is -0.466 e. The molecule has 0 fully saturated rings. The molecule has 1 unspecified atom stereocenters. The Morgan fingerprint density at radius 1 is 1.60 bits per heavy atom. The van der Waals surface area contributed by atoms with Crippen LogP contribution in [0, 0.1) is 0 Å². The van der Waals surface area contributed by atoms with Crippen molar-refractivity contribution in [3.8, 4) is 0 Å².